The lowest BCUT2D eigenvalue weighted by Crippen LogP contribution is -2.19. The molecule has 0 saturated heterocycles. The van der Waals surface area contributed by atoms with E-state index in [0.717, 1.165) is 55.9 Å². The number of aromatic nitrogens is 12. The van der Waals surface area contributed by atoms with Crippen LogP contribution in [0.5, 0.6) is 23.5 Å². The molecule has 32 nitrogen and oxygen atoms in total. The first-order chi connectivity index (χ1) is 53.6. The van der Waals surface area contributed by atoms with Gasteiger partial charge in [0.25, 0.3) is 23.5 Å². The summed E-state index contributed by atoms with van der Waals surface area (Å²) in [5, 5.41) is 106. The van der Waals surface area contributed by atoms with Gasteiger partial charge in [0.15, 0.2) is 22.7 Å². The number of aryl methyl sites for hydroxylation is 1. The second-order valence-electron chi connectivity index (χ2n) is 24.9. The Balaban J connectivity index is 0.000000129. The van der Waals surface area contributed by atoms with E-state index in [1.54, 1.807) is 67.1 Å². The zero-order chi connectivity index (χ0) is 77.1. The summed E-state index contributed by atoms with van der Waals surface area (Å²) in [5.41, 5.74) is 18.1. The number of fused-ring (bicyclic) bond motifs is 8. The van der Waals surface area contributed by atoms with Crippen LogP contribution in [0.15, 0.2) is 179 Å². The molecular weight excluding hydrogens is 1410 g/mol. The van der Waals surface area contributed by atoms with Crippen molar-refractivity contribution in [3.63, 3.8) is 0 Å². The number of hydrogen-bond donors (Lipinski definition) is 12. The molecule has 0 radical (unpaired) electrons. The van der Waals surface area contributed by atoms with E-state index in [4.69, 9.17) is 85.7 Å². The Bertz CT molecular complexity index is 5760. The van der Waals surface area contributed by atoms with Crippen LogP contribution in [0.2, 0.25) is 0 Å². The number of aliphatic imine (C=N–C) groups is 4. The summed E-state index contributed by atoms with van der Waals surface area (Å²) in [6.45, 7) is 6.50. The summed E-state index contributed by atoms with van der Waals surface area (Å²) in [6, 6.07) is 27.9. The first-order valence-electron chi connectivity index (χ1n) is 35.1. The molecule has 32 heteroatoms. The van der Waals surface area contributed by atoms with Gasteiger partial charge in [0.05, 0.1) is 130 Å². The highest BCUT2D eigenvalue weighted by Gasteiger charge is 2.31. The minimum absolute atomic E-state index is 0.0373. The van der Waals surface area contributed by atoms with E-state index < -0.39 is 0 Å². The van der Waals surface area contributed by atoms with Gasteiger partial charge in [0.2, 0.25) is 0 Å². The third kappa shape index (κ3) is 15.2. The van der Waals surface area contributed by atoms with Crippen molar-refractivity contribution in [2.45, 2.75) is 27.2 Å². The summed E-state index contributed by atoms with van der Waals surface area (Å²) in [5.74, 6) is 2.29. The van der Waals surface area contributed by atoms with E-state index in [-0.39, 0.29) is 95.9 Å². The molecule has 0 spiro atoms. The van der Waals surface area contributed by atoms with Crippen molar-refractivity contribution in [2.75, 3.05) is 79.3 Å². The Morgan fingerprint density at radius 2 is 0.791 bits per heavy atom. The Morgan fingerprint density at radius 1 is 0.409 bits per heavy atom. The number of allylic oxidation sites excluding steroid dienone is 5. The van der Waals surface area contributed by atoms with Gasteiger partial charge in [0.1, 0.15) is 44.6 Å². The number of hydrogen-bond acceptors (Lipinski definition) is 24. The molecule has 0 aromatic carbocycles. The molecule has 12 heterocycles. The maximum atomic E-state index is 9.12. The number of aliphatic hydroxyl groups is 6. The van der Waals surface area contributed by atoms with Gasteiger partial charge in [-0.05, 0) is 117 Å². The topological polar surface area (TPSA) is 432 Å². The minimum Gasteiger partial charge on any atom is -0.491 e. The zero-order valence-electron chi connectivity index (χ0n) is 60.7. The van der Waals surface area contributed by atoms with Gasteiger partial charge in [-0.1, -0.05) is 24.3 Å². The first kappa shape index (κ1) is 75.0. The Kier molecular flexibility index (Phi) is 23.0. The molecule has 12 aromatic heterocycles. The summed E-state index contributed by atoms with van der Waals surface area (Å²) in [7, 11) is 3.98. The van der Waals surface area contributed by atoms with Crippen molar-refractivity contribution in [3.8, 4) is 23.5 Å². The number of aromatic amines is 2. The molecule has 0 amide bonds. The van der Waals surface area contributed by atoms with Crippen LogP contribution in [0.1, 0.15) is 69.6 Å². The third-order valence-electron chi connectivity index (χ3n) is 17.9. The van der Waals surface area contributed by atoms with Crippen LogP contribution in [0, 0.1) is 35.5 Å². The smallest absolute Gasteiger partial charge is 0.260 e. The molecule has 4 aliphatic carbocycles. The third-order valence-corrected chi connectivity index (χ3v) is 17.9. The molecule has 0 unspecified atom stereocenters. The van der Waals surface area contributed by atoms with Crippen LogP contribution in [-0.2, 0) is 23.6 Å². The molecule has 4 aliphatic rings. The van der Waals surface area contributed by atoms with Crippen LogP contribution >= 0.6 is 0 Å². The molecule has 0 aliphatic heterocycles. The fourth-order valence-electron chi connectivity index (χ4n) is 12.6. The Hall–Kier alpha value is -13.2. The molecule has 0 atom stereocenters. The fourth-order valence-corrected chi connectivity index (χ4v) is 12.6. The summed E-state index contributed by atoms with van der Waals surface area (Å²) in [6.07, 6.45) is 22.1. The summed E-state index contributed by atoms with van der Waals surface area (Å²) < 4.78 is 44.4. The van der Waals surface area contributed by atoms with E-state index in [2.05, 4.69) is 56.8 Å². The van der Waals surface area contributed by atoms with Gasteiger partial charge in [0, 0.05) is 111 Å². The van der Waals surface area contributed by atoms with Gasteiger partial charge in [-0.3, -0.25) is 21.6 Å². The van der Waals surface area contributed by atoms with Crippen LogP contribution in [0.4, 0.5) is 22.7 Å². The van der Waals surface area contributed by atoms with Crippen LogP contribution in [0.3, 0.4) is 0 Å². The number of nitrogens with zero attached hydrogens (tertiary/aromatic N) is 14. The van der Waals surface area contributed by atoms with Gasteiger partial charge >= 0.3 is 0 Å². The number of aliphatic hydroxyl groups excluding tert-OH is 6. The highest BCUT2D eigenvalue weighted by Crippen LogP contribution is 2.40. The van der Waals surface area contributed by atoms with Gasteiger partial charge < -0.3 is 78.2 Å². The number of nitrogens with one attached hydrogen (secondary N) is 6. The Labute approximate surface area is 628 Å². The van der Waals surface area contributed by atoms with Crippen LogP contribution < -0.4 is 18.9 Å². The maximum absolute atomic E-state index is 9.12. The second kappa shape index (κ2) is 33.7. The molecule has 0 saturated carbocycles. The van der Waals surface area contributed by atoms with Crippen molar-refractivity contribution in [3.05, 3.63) is 215 Å². The van der Waals surface area contributed by atoms with Gasteiger partial charge in [-0.25, -0.2) is 38.0 Å². The average Bonchev–Trinajstić information content (AvgIpc) is 1.60. The predicted molar refractivity (Wildman–Crippen MR) is 418 cm³/mol. The second-order valence-corrected chi connectivity index (χ2v) is 24.9. The number of H-pyrrole nitrogens is 2. The number of rotatable bonds is 23. The van der Waals surface area contributed by atoms with E-state index in [1.165, 1.54) is 0 Å². The SMILES string of the molecule is CC1=CC(=Nc2c(OCCO)nn3ccccc23)C(=N)c2c(C)c(C)n(C)c21.Cn1ccc2c1C=CC(=Nc1c(OCCO)nn3ccccc13)C2=N.N=C1C(=Nc2c(OCCO)nn3ccccc23)C=C(OCCCO)c2[nH]ccc21.N=C1C(=Nc2c(OCCO)nn3ccccc23)C=C(OCCO)c2[nH]ccc21. The molecule has 564 valence electrons. The molecule has 12 aromatic rings. The number of pyridine rings is 4. The Morgan fingerprint density at radius 3 is 1.20 bits per heavy atom. The standard InChI is InChI=1S/C21H23N5O2.C20H21N5O4.C19H19N5O4.C18H17N5O2/c1-12-11-15(18(22)17-13(2)14(3)25(4)20(12)17)23-19-16-7-5-6-8-26(16)24-21(19)28-10-9-27;21-17-13-5-6-22-18(13)16(28-10-3-8-26)12-14(17)23-19-15-4-1-2-7-25(15)24-20(19)29-11-9-27;20-16-12-4-5-21-17(12)15(27-9-7-25)11-13(16)22-18-14-3-1-2-6-24(14)23-19(18)28-10-8-26;1-22-9-7-12-14(22)6-5-13(16(12)19)20-17-15-4-2-3-8-23(15)21-18(17)25-11-10-24/h5-8,11,22,27H,9-10H2,1-4H3;1-2,4-7,12,21-22,26-27H,3,8-11H2;1-6,11,20-21,25-26H,7-10H2;2-9,19,24H,10-11H2,1H3. The lowest BCUT2D eigenvalue weighted by Gasteiger charge is -2.17. The highest BCUT2D eigenvalue weighted by molar-refractivity contribution is 6.56. The fraction of sp³-hybridized carbons (Fsp3) is 0.231. The van der Waals surface area contributed by atoms with Gasteiger partial charge in [-0.15, -0.1) is 20.4 Å². The van der Waals surface area contributed by atoms with Crippen molar-refractivity contribution < 1.29 is 59.1 Å². The van der Waals surface area contributed by atoms with E-state index in [0.29, 0.717) is 121 Å². The molecular formula is C78H80N20O12. The first-order valence-corrected chi connectivity index (χ1v) is 35.1. The monoisotopic (exact) mass is 1490 g/mol. The molecule has 110 heavy (non-hydrogen) atoms. The van der Waals surface area contributed by atoms with Crippen molar-refractivity contribution in [2.24, 2.45) is 34.1 Å². The summed E-state index contributed by atoms with van der Waals surface area (Å²) in [4.78, 5) is 24.9. The predicted octanol–water partition coefficient (Wildman–Crippen LogP) is 8.89. The highest BCUT2D eigenvalue weighted by atomic mass is 16.5. The minimum atomic E-state index is -0.147. The quantitative estimate of drug-likeness (QED) is 0.0266. The molecule has 0 bridgehead atoms. The van der Waals surface area contributed by atoms with E-state index in [1.807, 2.05) is 148 Å². The average molecular weight is 1490 g/mol. The maximum Gasteiger partial charge on any atom is 0.260 e. The van der Waals surface area contributed by atoms with Crippen molar-refractivity contribution in [1.82, 2.24) is 57.6 Å². The lowest BCUT2D eigenvalue weighted by atomic mass is 9.92. The normalized spacial score (nSPS) is 15.1. The van der Waals surface area contributed by atoms with Crippen LogP contribution in [-0.4, -0.2) is 213 Å². The molecule has 12 N–H and O–H groups in total. The molecule has 0 fully saturated rings. The molecule has 16 rings (SSSR count). The van der Waals surface area contributed by atoms with E-state index in [9.17, 15) is 0 Å². The largest absolute Gasteiger partial charge is 0.491 e. The van der Waals surface area contributed by atoms with Crippen molar-refractivity contribution in [1.29, 1.82) is 21.6 Å². The van der Waals surface area contributed by atoms with Crippen LogP contribution in [0.25, 0.3) is 45.2 Å². The summed E-state index contributed by atoms with van der Waals surface area (Å²) >= 11 is 0. The van der Waals surface area contributed by atoms with Gasteiger partial charge in [-0.2, -0.15) is 0 Å². The number of ether oxygens (including phenoxy) is 6. The lowest BCUT2D eigenvalue weighted by molar-refractivity contribution is 0.180. The van der Waals surface area contributed by atoms with E-state index >= 15 is 0 Å². The zero-order valence-corrected chi connectivity index (χ0v) is 60.7. The van der Waals surface area contributed by atoms with Crippen molar-refractivity contribution >= 4 is 114 Å².